The Morgan fingerprint density at radius 3 is 2.36 bits per heavy atom. The molecule has 0 radical (unpaired) electrons. The molecule has 4 atom stereocenters. The number of rotatable bonds is 4. The minimum Gasteiger partial charge on any atom is -0.426 e. The van der Waals surface area contributed by atoms with Crippen LogP contribution in [0.3, 0.4) is 0 Å². The van der Waals surface area contributed by atoms with Gasteiger partial charge in [0.25, 0.3) is 0 Å². The number of hydrogen-bond donors (Lipinski definition) is 0. The summed E-state index contributed by atoms with van der Waals surface area (Å²) in [5.74, 6) is 4.06. The molecule has 0 spiro atoms. The molecule has 0 bridgehead atoms. The van der Waals surface area contributed by atoms with Gasteiger partial charge in [-0.1, -0.05) is 39.0 Å². The minimum atomic E-state index is -0.302. The molecule has 3 saturated carbocycles. The summed E-state index contributed by atoms with van der Waals surface area (Å²) in [6, 6.07) is 5.81. The summed E-state index contributed by atoms with van der Waals surface area (Å²) in [6.07, 6.45) is 14.2. The fourth-order valence-corrected chi connectivity index (χ4v) is 6.48. The SMILES string of the molecule is CCC1CCC(C2CCC3C(CCCC3C(=O)Oc3ccc(F)cc3)C2)CC1. The quantitative estimate of drug-likeness (QED) is 0.421. The molecule has 2 nitrogen and oxygen atoms in total. The second-order valence-corrected chi connectivity index (χ2v) is 9.60. The predicted molar refractivity (Wildman–Crippen MR) is 109 cm³/mol. The molecular formula is C25H35FO2. The van der Waals surface area contributed by atoms with E-state index in [4.69, 9.17) is 4.74 Å². The van der Waals surface area contributed by atoms with E-state index in [0.29, 0.717) is 17.6 Å². The maximum absolute atomic E-state index is 13.1. The summed E-state index contributed by atoms with van der Waals surface area (Å²) in [5, 5.41) is 0. The molecule has 4 rings (SSSR count). The van der Waals surface area contributed by atoms with Crippen LogP contribution < -0.4 is 4.74 Å². The zero-order valence-electron chi connectivity index (χ0n) is 17.2. The van der Waals surface area contributed by atoms with Gasteiger partial charge >= 0.3 is 5.97 Å². The smallest absolute Gasteiger partial charge is 0.314 e. The van der Waals surface area contributed by atoms with Crippen LogP contribution in [-0.2, 0) is 4.79 Å². The van der Waals surface area contributed by atoms with Crippen LogP contribution in [0.2, 0.25) is 0 Å². The lowest BCUT2D eigenvalue weighted by Gasteiger charge is -2.46. The van der Waals surface area contributed by atoms with Gasteiger partial charge < -0.3 is 4.74 Å². The summed E-state index contributed by atoms with van der Waals surface area (Å²) in [4.78, 5) is 12.8. The van der Waals surface area contributed by atoms with Crippen LogP contribution in [0.1, 0.15) is 77.6 Å². The second-order valence-electron chi connectivity index (χ2n) is 9.60. The largest absolute Gasteiger partial charge is 0.426 e. The Morgan fingerprint density at radius 2 is 1.64 bits per heavy atom. The Morgan fingerprint density at radius 1 is 0.929 bits per heavy atom. The van der Waals surface area contributed by atoms with Gasteiger partial charge in [-0.05, 0) is 92.4 Å². The lowest BCUT2D eigenvalue weighted by atomic mass is 9.59. The van der Waals surface area contributed by atoms with Gasteiger partial charge in [-0.3, -0.25) is 4.79 Å². The van der Waals surface area contributed by atoms with Crippen LogP contribution in [0.4, 0.5) is 4.39 Å². The molecule has 0 amide bonds. The van der Waals surface area contributed by atoms with E-state index >= 15 is 0 Å². The Bertz CT molecular complexity index is 647. The van der Waals surface area contributed by atoms with Gasteiger partial charge in [0.1, 0.15) is 11.6 Å². The van der Waals surface area contributed by atoms with E-state index in [9.17, 15) is 9.18 Å². The first-order valence-corrected chi connectivity index (χ1v) is 11.6. The van der Waals surface area contributed by atoms with Crippen LogP contribution >= 0.6 is 0 Å². The zero-order chi connectivity index (χ0) is 19.5. The molecule has 1 aromatic rings. The van der Waals surface area contributed by atoms with Crippen LogP contribution in [0.15, 0.2) is 24.3 Å². The molecule has 0 heterocycles. The lowest BCUT2D eigenvalue weighted by Crippen LogP contribution is -2.40. The molecule has 3 fully saturated rings. The number of carbonyl (C=O) groups excluding carboxylic acids is 1. The van der Waals surface area contributed by atoms with E-state index < -0.39 is 0 Å². The highest BCUT2D eigenvalue weighted by molar-refractivity contribution is 5.75. The van der Waals surface area contributed by atoms with E-state index in [2.05, 4.69) is 6.92 Å². The maximum Gasteiger partial charge on any atom is 0.314 e. The molecule has 28 heavy (non-hydrogen) atoms. The summed E-state index contributed by atoms with van der Waals surface area (Å²) in [6.45, 7) is 2.34. The van der Waals surface area contributed by atoms with E-state index in [1.807, 2.05) is 0 Å². The topological polar surface area (TPSA) is 26.3 Å². The summed E-state index contributed by atoms with van der Waals surface area (Å²) in [7, 11) is 0. The third-order valence-electron chi connectivity index (χ3n) is 8.16. The van der Waals surface area contributed by atoms with E-state index in [-0.39, 0.29) is 17.7 Å². The van der Waals surface area contributed by atoms with E-state index in [0.717, 1.165) is 30.6 Å². The van der Waals surface area contributed by atoms with E-state index in [1.54, 1.807) is 12.1 Å². The van der Waals surface area contributed by atoms with E-state index in [1.165, 1.54) is 69.9 Å². The standard InChI is InChI=1S/C25H35FO2/c1-2-17-6-8-18(9-7-17)19-10-15-23-20(16-19)4-3-5-24(23)25(27)28-22-13-11-21(26)12-14-22/h11-14,17-20,23-24H,2-10,15-16H2,1H3. The Kier molecular flexibility index (Phi) is 6.38. The second kappa shape index (κ2) is 8.97. The monoisotopic (exact) mass is 386 g/mol. The third kappa shape index (κ3) is 4.44. The number of hydrogen-bond acceptors (Lipinski definition) is 2. The Balaban J connectivity index is 1.34. The van der Waals surface area contributed by atoms with Crippen molar-refractivity contribution in [3.05, 3.63) is 30.1 Å². The highest BCUT2D eigenvalue weighted by Gasteiger charge is 2.43. The van der Waals surface area contributed by atoms with Crippen molar-refractivity contribution in [2.24, 2.45) is 35.5 Å². The molecule has 3 aliphatic carbocycles. The van der Waals surface area contributed by atoms with Crippen LogP contribution in [0.25, 0.3) is 0 Å². The number of esters is 1. The summed E-state index contributed by atoms with van der Waals surface area (Å²) in [5.41, 5.74) is 0. The van der Waals surface area contributed by atoms with Crippen molar-refractivity contribution in [2.45, 2.75) is 77.6 Å². The van der Waals surface area contributed by atoms with Gasteiger partial charge in [-0.2, -0.15) is 0 Å². The highest BCUT2D eigenvalue weighted by Crippen LogP contribution is 2.50. The lowest BCUT2D eigenvalue weighted by molar-refractivity contribution is -0.144. The molecule has 3 heteroatoms. The molecular weight excluding hydrogens is 351 g/mol. The predicted octanol–water partition coefficient (Wildman–Crippen LogP) is 6.78. The molecule has 154 valence electrons. The Hall–Kier alpha value is -1.38. The summed E-state index contributed by atoms with van der Waals surface area (Å²) >= 11 is 0. The van der Waals surface area contributed by atoms with Gasteiger partial charge in [-0.15, -0.1) is 0 Å². The van der Waals surface area contributed by atoms with Crippen LogP contribution in [0.5, 0.6) is 5.75 Å². The fraction of sp³-hybridized carbons (Fsp3) is 0.720. The highest BCUT2D eigenvalue weighted by atomic mass is 19.1. The van der Waals surface area contributed by atoms with Gasteiger partial charge in [0, 0.05) is 0 Å². The number of halogens is 1. The molecule has 3 aliphatic rings. The van der Waals surface area contributed by atoms with Crippen molar-refractivity contribution in [3.8, 4) is 5.75 Å². The van der Waals surface area contributed by atoms with Crippen molar-refractivity contribution in [3.63, 3.8) is 0 Å². The number of fused-ring (bicyclic) bond motifs is 1. The molecule has 0 saturated heterocycles. The summed E-state index contributed by atoms with van der Waals surface area (Å²) < 4.78 is 18.7. The van der Waals surface area contributed by atoms with Crippen LogP contribution in [-0.4, -0.2) is 5.97 Å². The number of carbonyl (C=O) groups is 1. The average Bonchev–Trinajstić information content (AvgIpc) is 2.74. The zero-order valence-corrected chi connectivity index (χ0v) is 17.2. The first-order valence-electron chi connectivity index (χ1n) is 11.6. The number of ether oxygens (including phenoxy) is 1. The van der Waals surface area contributed by atoms with Crippen LogP contribution in [0, 0.1) is 41.3 Å². The van der Waals surface area contributed by atoms with Crippen molar-refractivity contribution in [1.82, 2.24) is 0 Å². The van der Waals surface area contributed by atoms with Gasteiger partial charge in [0.05, 0.1) is 5.92 Å². The molecule has 1 aromatic carbocycles. The van der Waals surface area contributed by atoms with Gasteiger partial charge in [0.2, 0.25) is 0 Å². The molecule has 0 aromatic heterocycles. The third-order valence-corrected chi connectivity index (χ3v) is 8.16. The molecule has 4 unspecified atom stereocenters. The molecule has 0 aliphatic heterocycles. The first-order chi connectivity index (χ1) is 13.6. The van der Waals surface area contributed by atoms with Gasteiger partial charge in [-0.25, -0.2) is 4.39 Å². The maximum atomic E-state index is 13.1. The van der Waals surface area contributed by atoms with Crippen molar-refractivity contribution in [1.29, 1.82) is 0 Å². The first kappa shape index (κ1) is 19.9. The van der Waals surface area contributed by atoms with Crippen molar-refractivity contribution >= 4 is 5.97 Å². The molecule has 0 N–H and O–H groups in total. The Labute approximate surface area is 169 Å². The van der Waals surface area contributed by atoms with Gasteiger partial charge in [0.15, 0.2) is 0 Å². The van der Waals surface area contributed by atoms with Crippen molar-refractivity contribution < 1.29 is 13.9 Å². The fourth-order valence-electron chi connectivity index (χ4n) is 6.48. The minimum absolute atomic E-state index is 0.0283. The van der Waals surface area contributed by atoms with Crippen molar-refractivity contribution in [2.75, 3.05) is 0 Å². The number of benzene rings is 1. The average molecular weight is 387 g/mol. The normalized spacial score (nSPS) is 35.8.